The van der Waals surface area contributed by atoms with Crippen molar-refractivity contribution in [1.29, 1.82) is 5.26 Å². The maximum atomic E-state index is 13.6. The van der Waals surface area contributed by atoms with Gasteiger partial charge in [0.05, 0.1) is 28.1 Å². The number of aromatic nitrogens is 1. The minimum Gasteiger partial charge on any atom is -0.381 e. The molecule has 1 aromatic heterocycles. The highest BCUT2D eigenvalue weighted by molar-refractivity contribution is 7.91. The lowest BCUT2D eigenvalue weighted by Gasteiger charge is -2.31. The van der Waals surface area contributed by atoms with Crippen LogP contribution >= 0.6 is 11.3 Å². The number of nitrogens with zero attached hydrogens (tertiary/aromatic N) is 3. The summed E-state index contributed by atoms with van der Waals surface area (Å²) in [5.74, 6) is 0.630. The molecule has 2 atom stereocenters. The summed E-state index contributed by atoms with van der Waals surface area (Å²) < 4.78 is 29.5. The van der Waals surface area contributed by atoms with Crippen LogP contribution in [-0.4, -0.2) is 62.7 Å². The van der Waals surface area contributed by atoms with E-state index in [-0.39, 0.29) is 29.2 Å². The number of carbonyl (C=O) groups is 1. The molecule has 2 aromatic carbocycles. The number of nitriles is 1. The van der Waals surface area contributed by atoms with E-state index in [1.54, 1.807) is 11.3 Å². The lowest BCUT2D eigenvalue weighted by atomic mass is 9.76. The molecule has 0 radical (unpaired) electrons. The van der Waals surface area contributed by atoms with Gasteiger partial charge in [0.25, 0.3) is 0 Å². The maximum absolute atomic E-state index is 13.6. The van der Waals surface area contributed by atoms with Crippen molar-refractivity contribution in [3.63, 3.8) is 0 Å². The standard InChI is InChI=1S/C35H40N4O4S2/c36-23-35(15-16-35)38-33(40)30-4-2-1-3-29(30)31-32(26-9-11-28(12-10-26)39-17-21-45(41,42)22-18-39)44-34(37-31)27-7-5-24(6-8-27)25-13-19-43-20-14-25/h5-12,25,29-30H,1-4,13-22H2,(H,38,40)/t29-,30-/m1/s1. The van der Waals surface area contributed by atoms with E-state index >= 15 is 0 Å². The Morgan fingerprint density at radius 3 is 2.29 bits per heavy atom. The van der Waals surface area contributed by atoms with Crippen molar-refractivity contribution in [3.05, 3.63) is 59.8 Å². The normalized spacial score (nSPS) is 24.5. The highest BCUT2D eigenvalue weighted by atomic mass is 32.2. The molecular weight excluding hydrogens is 605 g/mol. The molecule has 0 spiro atoms. The van der Waals surface area contributed by atoms with E-state index in [9.17, 15) is 18.5 Å². The molecule has 2 saturated heterocycles. The number of hydrogen-bond acceptors (Lipinski definition) is 8. The maximum Gasteiger partial charge on any atom is 0.225 e. The third-order valence-electron chi connectivity index (χ3n) is 10.1. The Balaban J connectivity index is 1.21. The van der Waals surface area contributed by atoms with Crippen LogP contribution in [0.25, 0.3) is 21.0 Å². The molecule has 3 aromatic rings. The second-order valence-electron chi connectivity index (χ2n) is 13.1. The average molecular weight is 645 g/mol. The van der Waals surface area contributed by atoms with Crippen LogP contribution < -0.4 is 10.2 Å². The predicted molar refractivity (Wildman–Crippen MR) is 177 cm³/mol. The number of ether oxygens (including phenoxy) is 1. The lowest BCUT2D eigenvalue weighted by Crippen LogP contribution is -2.42. The summed E-state index contributed by atoms with van der Waals surface area (Å²) in [5, 5.41) is 13.7. The van der Waals surface area contributed by atoms with Gasteiger partial charge in [-0.2, -0.15) is 5.26 Å². The van der Waals surface area contributed by atoms with Crippen LogP contribution in [0.15, 0.2) is 48.5 Å². The summed E-state index contributed by atoms with van der Waals surface area (Å²) in [6.45, 7) is 2.63. The fraction of sp³-hybridized carbons (Fsp3) is 0.514. The lowest BCUT2D eigenvalue weighted by molar-refractivity contribution is -0.127. The van der Waals surface area contributed by atoms with Crippen molar-refractivity contribution in [2.45, 2.75) is 68.7 Å². The van der Waals surface area contributed by atoms with Gasteiger partial charge in [0.1, 0.15) is 10.5 Å². The monoisotopic (exact) mass is 644 g/mol. The molecule has 2 aliphatic heterocycles. The number of carbonyl (C=O) groups excluding carboxylic acids is 1. The third-order valence-corrected chi connectivity index (χ3v) is 12.9. The van der Waals surface area contributed by atoms with Crippen LogP contribution in [0.2, 0.25) is 0 Å². The van der Waals surface area contributed by atoms with Crippen LogP contribution in [0.1, 0.15) is 74.5 Å². The van der Waals surface area contributed by atoms with Gasteiger partial charge in [-0.25, -0.2) is 13.4 Å². The quantitative estimate of drug-likeness (QED) is 0.333. The molecular formula is C35H40N4O4S2. The van der Waals surface area contributed by atoms with Crippen LogP contribution in [0.4, 0.5) is 5.69 Å². The van der Waals surface area contributed by atoms with Crippen LogP contribution in [0.5, 0.6) is 0 Å². The number of amides is 1. The van der Waals surface area contributed by atoms with Crippen molar-refractivity contribution >= 4 is 32.8 Å². The Hall–Kier alpha value is -3.26. The molecule has 0 unspecified atom stereocenters. The Morgan fingerprint density at radius 1 is 0.956 bits per heavy atom. The Kier molecular flexibility index (Phi) is 8.44. The number of hydrogen-bond donors (Lipinski definition) is 1. The van der Waals surface area contributed by atoms with Gasteiger partial charge in [0.15, 0.2) is 9.84 Å². The molecule has 8 nitrogen and oxygen atoms in total. The predicted octanol–water partition coefficient (Wildman–Crippen LogP) is 6.05. The number of sulfone groups is 1. The molecule has 2 aliphatic carbocycles. The van der Waals surface area contributed by atoms with Gasteiger partial charge in [-0.3, -0.25) is 4.79 Å². The van der Waals surface area contributed by atoms with Gasteiger partial charge in [-0.15, -0.1) is 11.3 Å². The first-order chi connectivity index (χ1) is 21.8. The molecule has 4 fully saturated rings. The highest BCUT2D eigenvalue weighted by Crippen LogP contribution is 2.47. The minimum atomic E-state index is -2.95. The SMILES string of the molecule is N#CC1(NC(=O)[C@@H]2CCCC[C@H]2c2nc(-c3ccc(C4CCOCC4)cc3)sc2-c2ccc(N3CCS(=O)(=O)CC3)cc2)CC1. The molecule has 1 amide bonds. The summed E-state index contributed by atoms with van der Waals surface area (Å²) in [7, 11) is -2.95. The van der Waals surface area contributed by atoms with Crippen LogP contribution in [0.3, 0.4) is 0 Å². The van der Waals surface area contributed by atoms with Crippen molar-refractivity contribution in [2.24, 2.45) is 5.92 Å². The Labute approximate surface area is 269 Å². The molecule has 4 aliphatic rings. The zero-order chi connectivity index (χ0) is 31.0. The largest absolute Gasteiger partial charge is 0.381 e. The first kappa shape index (κ1) is 30.4. The summed E-state index contributed by atoms with van der Waals surface area (Å²) in [5.41, 5.74) is 4.78. The number of benzene rings is 2. The van der Waals surface area contributed by atoms with E-state index in [0.717, 1.165) is 97.0 Å². The summed E-state index contributed by atoms with van der Waals surface area (Å²) in [4.78, 5) is 22.1. The van der Waals surface area contributed by atoms with Crippen molar-refractivity contribution in [2.75, 3.05) is 42.7 Å². The Bertz CT molecular complexity index is 1670. The van der Waals surface area contributed by atoms with E-state index in [2.05, 4.69) is 64.8 Å². The number of rotatable bonds is 7. The third kappa shape index (κ3) is 6.53. The molecule has 1 N–H and O–H groups in total. The molecule has 3 heterocycles. The van der Waals surface area contributed by atoms with E-state index in [1.165, 1.54) is 5.56 Å². The molecule has 0 bridgehead atoms. The smallest absolute Gasteiger partial charge is 0.225 e. The first-order valence-electron chi connectivity index (χ1n) is 16.3. The van der Waals surface area contributed by atoms with E-state index in [4.69, 9.17) is 9.72 Å². The van der Waals surface area contributed by atoms with E-state index in [0.29, 0.717) is 19.0 Å². The second-order valence-corrected chi connectivity index (χ2v) is 16.4. The van der Waals surface area contributed by atoms with Crippen LogP contribution in [-0.2, 0) is 19.4 Å². The second kappa shape index (κ2) is 12.5. The Morgan fingerprint density at radius 2 is 1.62 bits per heavy atom. The fourth-order valence-electron chi connectivity index (χ4n) is 7.13. The van der Waals surface area contributed by atoms with Gasteiger partial charge < -0.3 is 15.0 Å². The molecule has 7 rings (SSSR count). The van der Waals surface area contributed by atoms with Gasteiger partial charge in [-0.05, 0) is 67.7 Å². The molecule has 45 heavy (non-hydrogen) atoms. The van der Waals surface area contributed by atoms with Gasteiger partial charge in [-0.1, -0.05) is 49.2 Å². The summed E-state index contributed by atoms with van der Waals surface area (Å²) in [6.07, 6.45) is 7.25. The van der Waals surface area contributed by atoms with Gasteiger partial charge >= 0.3 is 0 Å². The zero-order valence-corrected chi connectivity index (χ0v) is 27.2. The van der Waals surface area contributed by atoms with E-state index < -0.39 is 15.4 Å². The van der Waals surface area contributed by atoms with Gasteiger partial charge in [0.2, 0.25) is 5.91 Å². The fourth-order valence-corrected chi connectivity index (χ4v) is 9.47. The first-order valence-corrected chi connectivity index (χ1v) is 18.9. The average Bonchev–Trinajstić information content (AvgIpc) is 3.71. The van der Waals surface area contributed by atoms with Gasteiger partial charge in [0, 0.05) is 49.4 Å². The molecule has 2 saturated carbocycles. The highest BCUT2D eigenvalue weighted by Gasteiger charge is 2.47. The van der Waals surface area contributed by atoms with Crippen molar-refractivity contribution in [3.8, 4) is 27.1 Å². The minimum absolute atomic E-state index is 0.0181. The van der Waals surface area contributed by atoms with Crippen LogP contribution in [0, 0.1) is 17.2 Å². The summed E-state index contributed by atoms with van der Waals surface area (Å²) in [6, 6.07) is 19.5. The number of nitrogens with one attached hydrogen (secondary N) is 1. The number of anilines is 1. The molecule has 236 valence electrons. The topological polar surface area (TPSA) is 112 Å². The number of thiazole rings is 1. The molecule has 10 heteroatoms. The zero-order valence-electron chi connectivity index (χ0n) is 25.5. The summed E-state index contributed by atoms with van der Waals surface area (Å²) >= 11 is 1.68. The van der Waals surface area contributed by atoms with Crippen molar-refractivity contribution in [1.82, 2.24) is 10.3 Å². The van der Waals surface area contributed by atoms with Crippen molar-refractivity contribution < 1.29 is 17.9 Å². The van der Waals surface area contributed by atoms with E-state index in [1.807, 2.05) is 0 Å².